The van der Waals surface area contributed by atoms with Crippen LogP contribution >= 0.6 is 0 Å². The molecule has 14 rings (SSSR count). The van der Waals surface area contributed by atoms with Crippen LogP contribution in [0.4, 0.5) is 17.1 Å². The van der Waals surface area contributed by atoms with Gasteiger partial charge in [0.2, 0.25) is 0 Å². The van der Waals surface area contributed by atoms with Gasteiger partial charge in [0.25, 0.3) is 0 Å². The molecular formula is C72H51NSi2. The summed E-state index contributed by atoms with van der Waals surface area (Å²) in [7, 11) is -5.47. The number of rotatable bonds is 10. The van der Waals surface area contributed by atoms with Gasteiger partial charge in [-0.2, -0.15) is 0 Å². The van der Waals surface area contributed by atoms with Crippen LogP contribution < -0.4 is 46.4 Å². The molecule has 0 amide bonds. The number of benzene rings is 12. The van der Waals surface area contributed by atoms with E-state index in [0.29, 0.717) is 0 Å². The van der Waals surface area contributed by atoms with Crippen LogP contribution in [0.15, 0.2) is 309 Å². The van der Waals surface area contributed by atoms with E-state index < -0.39 is 16.1 Å². The highest BCUT2D eigenvalue weighted by atomic mass is 28.3. The SMILES string of the molecule is c1ccc(-c2cc(-c3ccccc3)cc(N(c3ccc(-c4ccc5c(c4)[Si](c4ccccc4)(c4ccccc4)c4ccccc4-5)cc3)c3cccc([Si]4(c5ccccc5)c5ccccc5-c5ccccc54)c3)c2)cc1. The van der Waals surface area contributed by atoms with Gasteiger partial charge in [-0.05, 0) is 140 Å². The van der Waals surface area contributed by atoms with Crippen molar-refractivity contribution in [3.8, 4) is 55.6 Å². The standard InChI is InChI=1S/C72H51NSi2/c1-6-23-52(24-7-1)56-47-57(53-25-8-2-9-26-53)49-60(48-56)73(59-27-22-34-64(51-59)75(63-32-14-5-15-33-63)70-39-20-16-35-65(70)66-36-17-21-40-71(66)75)58-44-41-54(42-45-58)55-43-46-68-67-37-18-19-38-69(67)74(72(68)50-55,61-28-10-3-11-29-61)62-30-12-4-13-31-62/h1-51H. The predicted octanol–water partition coefficient (Wildman–Crippen LogP) is 12.9. The first-order chi connectivity index (χ1) is 37.2. The van der Waals surface area contributed by atoms with Gasteiger partial charge in [0.05, 0.1) is 0 Å². The highest BCUT2D eigenvalue weighted by Gasteiger charge is 2.50. The fourth-order valence-corrected chi connectivity index (χ4v) is 23.2. The zero-order valence-corrected chi connectivity index (χ0v) is 43.4. The van der Waals surface area contributed by atoms with Crippen molar-refractivity contribution in [2.24, 2.45) is 0 Å². The lowest BCUT2D eigenvalue weighted by atomic mass is 9.97. The first-order valence-corrected chi connectivity index (χ1v) is 30.1. The number of fused-ring (bicyclic) bond motifs is 6. The number of hydrogen-bond donors (Lipinski definition) is 0. The Balaban J connectivity index is 0.967. The summed E-state index contributed by atoms with van der Waals surface area (Å²) in [5.74, 6) is 0. The minimum Gasteiger partial charge on any atom is -0.310 e. The maximum absolute atomic E-state index is 2.80. The van der Waals surface area contributed by atoms with E-state index in [2.05, 4.69) is 314 Å². The second kappa shape index (κ2) is 18.4. The summed E-state index contributed by atoms with van der Waals surface area (Å²) in [6, 6.07) is 116. The second-order valence-electron chi connectivity index (χ2n) is 19.9. The summed E-state index contributed by atoms with van der Waals surface area (Å²) in [6.45, 7) is 0. The lowest BCUT2D eigenvalue weighted by Crippen LogP contribution is -2.72. The zero-order chi connectivity index (χ0) is 49.8. The van der Waals surface area contributed by atoms with Gasteiger partial charge in [-0.3, -0.25) is 0 Å². The first-order valence-electron chi connectivity index (χ1n) is 26.1. The van der Waals surface area contributed by atoms with E-state index in [9.17, 15) is 0 Å². The van der Waals surface area contributed by atoms with E-state index in [0.717, 1.165) is 17.1 Å². The fourth-order valence-electron chi connectivity index (χ4n) is 12.8. The number of nitrogens with zero attached hydrogens (tertiary/aromatic N) is 1. The summed E-state index contributed by atoms with van der Waals surface area (Å²) >= 11 is 0. The molecule has 0 aromatic heterocycles. The molecule has 0 bridgehead atoms. The van der Waals surface area contributed by atoms with E-state index in [4.69, 9.17) is 0 Å². The van der Waals surface area contributed by atoms with Crippen molar-refractivity contribution < 1.29 is 0 Å². The molecule has 0 saturated carbocycles. The molecule has 2 aliphatic heterocycles. The molecule has 12 aromatic rings. The van der Waals surface area contributed by atoms with Crippen LogP contribution in [0.5, 0.6) is 0 Å². The Hall–Kier alpha value is -9.13. The van der Waals surface area contributed by atoms with E-state index >= 15 is 0 Å². The molecule has 0 unspecified atom stereocenters. The molecule has 0 saturated heterocycles. The second-order valence-corrected chi connectivity index (χ2v) is 27.4. The third-order valence-electron chi connectivity index (χ3n) is 16.0. The number of anilines is 3. The van der Waals surface area contributed by atoms with Crippen molar-refractivity contribution in [2.45, 2.75) is 0 Å². The lowest BCUT2D eigenvalue weighted by Gasteiger charge is -2.33. The first kappa shape index (κ1) is 44.6. The van der Waals surface area contributed by atoms with Crippen LogP contribution in [0.2, 0.25) is 0 Å². The maximum Gasteiger partial charge on any atom is 0.180 e. The predicted molar refractivity (Wildman–Crippen MR) is 323 cm³/mol. The molecule has 3 heteroatoms. The Morgan fingerprint density at radius 1 is 0.187 bits per heavy atom. The molecule has 12 aromatic carbocycles. The van der Waals surface area contributed by atoms with Gasteiger partial charge in [-0.15, -0.1) is 0 Å². The van der Waals surface area contributed by atoms with Gasteiger partial charge < -0.3 is 4.90 Å². The molecule has 1 nitrogen and oxygen atoms in total. The van der Waals surface area contributed by atoms with Gasteiger partial charge >= 0.3 is 0 Å². The van der Waals surface area contributed by atoms with E-state index in [-0.39, 0.29) is 0 Å². The fraction of sp³-hybridized carbons (Fsp3) is 0. The van der Waals surface area contributed by atoms with Crippen LogP contribution in [0.1, 0.15) is 0 Å². The summed E-state index contributed by atoms with van der Waals surface area (Å²) in [4.78, 5) is 2.49. The van der Waals surface area contributed by atoms with Gasteiger partial charge in [0.1, 0.15) is 0 Å². The Labute approximate surface area is 442 Å². The van der Waals surface area contributed by atoms with Gasteiger partial charge in [0.15, 0.2) is 16.1 Å². The van der Waals surface area contributed by atoms with Crippen molar-refractivity contribution in [2.75, 3.05) is 4.90 Å². The summed E-state index contributed by atoms with van der Waals surface area (Å²) in [5, 5.41) is 11.3. The quantitative estimate of drug-likeness (QED) is 0.123. The molecule has 0 fully saturated rings. The largest absolute Gasteiger partial charge is 0.310 e. The average Bonchev–Trinajstić information content (AvgIpc) is 3.97. The third-order valence-corrected chi connectivity index (χ3v) is 25.7. The summed E-state index contributed by atoms with van der Waals surface area (Å²) in [5.41, 5.74) is 15.8. The van der Waals surface area contributed by atoms with Crippen molar-refractivity contribution in [3.63, 3.8) is 0 Å². The smallest absolute Gasteiger partial charge is 0.180 e. The van der Waals surface area contributed by atoms with E-state index in [1.165, 1.54) is 97.1 Å². The highest BCUT2D eigenvalue weighted by Crippen LogP contribution is 2.41. The molecule has 0 N–H and O–H groups in total. The minimum absolute atomic E-state index is 1.09. The van der Waals surface area contributed by atoms with Crippen LogP contribution in [0.3, 0.4) is 0 Å². The minimum atomic E-state index is -2.80. The molecule has 75 heavy (non-hydrogen) atoms. The highest BCUT2D eigenvalue weighted by molar-refractivity contribution is 7.23. The molecule has 352 valence electrons. The monoisotopic (exact) mass is 985 g/mol. The normalized spacial score (nSPS) is 13.3. The third kappa shape index (κ3) is 7.19. The van der Waals surface area contributed by atoms with Crippen LogP contribution in [-0.4, -0.2) is 16.1 Å². The molecule has 0 aliphatic carbocycles. The Morgan fingerprint density at radius 3 is 1.04 bits per heavy atom. The molecule has 0 radical (unpaired) electrons. The molecule has 0 atom stereocenters. The van der Waals surface area contributed by atoms with E-state index in [1.807, 2.05) is 0 Å². The number of hydrogen-bond acceptors (Lipinski definition) is 1. The molecule has 0 spiro atoms. The zero-order valence-electron chi connectivity index (χ0n) is 41.4. The van der Waals surface area contributed by atoms with Crippen LogP contribution in [-0.2, 0) is 0 Å². The van der Waals surface area contributed by atoms with Crippen molar-refractivity contribution >= 4 is 74.7 Å². The van der Waals surface area contributed by atoms with E-state index in [1.54, 1.807) is 0 Å². The summed E-state index contributed by atoms with van der Waals surface area (Å²) in [6.07, 6.45) is 0. The summed E-state index contributed by atoms with van der Waals surface area (Å²) < 4.78 is 0. The lowest BCUT2D eigenvalue weighted by molar-refractivity contribution is 1.29. The Kier molecular flexibility index (Phi) is 10.9. The van der Waals surface area contributed by atoms with Crippen LogP contribution in [0, 0.1) is 0 Å². The topological polar surface area (TPSA) is 3.24 Å². The van der Waals surface area contributed by atoms with Crippen molar-refractivity contribution in [1.82, 2.24) is 0 Å². The molecular weight excluding hydrogens is 935 g/mol. The Morgan fingerprint density at radius 2 is 0.560 bits per heavy atom. The van der Waals surface area contributed by atoms with Gasteiger partial charge in [-0.25, -0.2) is 0 Å². The maximum atomic E-state index is 2.53. The van der Waals surface area contributed by atoms with Crippen molar-refractivity contribution in [3.05, 3.63) is 309 Å². The average molecular weight is 986 g/mol. The van der Waals surface area contributed by atoms with Crippen molar-refractivity contribution in [1.29, 1.82) is 0 Å². The molecule has 2 heterocycles. The van der Waals surface area contributed by atoms with Crippen LogP contribution in [0.25, 0.3) is 55.6 Å². The Bertz CT molecular complexity index is 3900. The molecule has 2 aliphatic rings. The van der Waals surface area contributed by atoms with Gasteiger partial charge in [-0.1, -0.05) is 267 Å². The van der Waals surface area contributed by atoms with Gasteiger partial charge in [0, 0.05) is 17.1 Å².